The normalized spacial score (nSPS) is 10.2. The van der Waals surface area contributed by atoms with Gasteiger partial charge in [-0.05, 0) is 17.7 Å². The number of hydrogen-bond donors (Lipinski definition) is 2. The maximum atomic E-state index is 11.8. The van der Waals surface area contributed by atoms with Crippen LogP contribution in [-0.2, 0) is 11.3 Å². The molecule has 3 amide bonds. The minimum Gasteiger partial charge on any atom is -0.466 e. The van der Waals surface area contributed by atoms with Crippen LogP contribution in [0.5, 0.6) is 5.88 Å². The van der Waals surface area contributed by atoms with Crippen molar-refractivity contribution in [1.29, 1.82) is 0 Å². The standard InChI is InChI=1S/C18H16N4O3/c23-16(22-18(24)20-10-13-6-2-1-3-7-13)12-25-17-11-19-14-8-4-5-9-15(14)21-17/h1-9,11H,10,12H2,(H2,20,22,23,24). The fraction of sp³-hybridized carbons (Fsp3) is 0.111. The monoisotopic (exact) mass is 336 g/mol. The number of nitrogens with one attached hydrogen (secondary N) is 2. The number of nitrogens with zero attached hydrogens (tertiary/aromatic N) is 2. The molecule has 25 heavy (non-hydrogen) atoms. The molecule has 126 valence electrons. The summed E-state index contributed by atoms with van der Waals surface area (Å²) >= 11 is 0. The first-order valence-electron chi connectivity index (χ1n) is 7.67. The Morgan fingerprint density at radius 2 is 1.68 bits per heavy atom. The van der Waals surface area contributed by atoms with Crippen molar-refractivity contribution in [3.63, 3.8) is 0 Å². The molecule has 0 aliphatic heterocycles. The molecule has 2 aromatic carbocycles. The van der Waals surface area contributed by atoms with E-state index in [0.29, 0.717) is 12.1 Å². The molecule has 0 saturated heterocycles. The molecule has 7 heteroatoms. The van der Waals surface area contributed by atoms with Crippen molar-refractivity contribution in [3.8, 4) is 5.88 Å². The van der Waals surface area contributed by atoms with Crippen molar-refractivity contribution in [2.45, 2.75) is 6.54 Å². The molecule has 0 aliphatic carbocycles. The van der Waals surface area contributed by atoms with Gasteiger partial charge in [-0.3, -0.25) is 10.1 Å². The van der Waals surface area contributed by atoms with Crippen molar-refractivity contribution >= 4 is 23.0 Å². The Labute approximate surface area is 144 Å². The fourth-order valence-corrected chi connectivity index (χ4v) is 2.13. The van der Waals surface area contributed by atoms with E-state index in [2.05, 4.69) is 20.6 Å². The van der Waals surface area contributed by atoms with E-state index in [4.69, 9.17) is 4.74 Å². The van der Waals surface area contributed by atoms with Crippen LogP contribution in [0.15, 0.2) is 60.8 Å². The molecule has 0 spiro atoms. The van der Waals surface area contributed by atoms with E-state index in [9.17, 15) is 9.59 Å². The molecule has 3 aromatic rings. The first-order chi connectivity index (χ1) is 12.2. The van der Waals surface area contributed by atoms with Gasteiger partial charge < -0.3 is 10.1 Å². The minimum absolute atomic E-state index is 0.221. The van der Waals surface area contributed by atoms with Gasteiger partial charge in [-0.25, -0.2) is 14.8 Å². The van der Waals surface area contributed by atoms with Crippen LogP contribution in [0.1, 0.15) is 5.56 Å². The molecular formula is C18H16N4O3. The summed E-state index contributed by atoms with van der Waals surface area (Å²) in [7, 11) is 0. The zero-order valence-electron chi connectivity index (χ0n) is 13.3. The van der Waals surface area contributed by atoms with Gasteiger partial charge in [0.15, 0.2) is 6.61 Å². The Morgan fingerprint density at radius 1 is 0.960 bits per heavy atom. The Balaban J connectivity index is 1.46. The Bertz CT molecular complexity index is 884. The number of fused-ring (bicyclic) bond motifs is 1. The Kier molecular flexibility index (Phi) is 5.16. The maximum absolute atomic E-state index is 11.8. The number of urea groups is 1. The maximum Gasteiger partial charge on any atom is 0.321 e. The molecule has 0 radical (unpaired) electrons. The molecule has 1 aromatic heterocycles. The lowest BCUT2D eigenvalue weighted by atomic mass is 10.2. The van der Waals surface area contributed by atoms with Crippen LogP contribution in [0.2, 0.25) is 0 Å². The van der Waals surface area contributed by atoms with E-state index in [1.54, 1.807) is 6.07 Å². The van der Waals surface area contributed by atoms with Gasteiger partial charge in [0.2, 0.25) is 5.88 Å². The summed E-state index contributed by atoms with van der Waals surface area (Å²) < 4.78 is 5.27. The van der Waals surface area contributed by atoms with E-state index < -0.39 is 11.9 Å². The molecule has 3 rings (SSSR count). The van der Waals surface area contributed by atoms with E-state index in [1.165, 1.54) is 6.20 Å². The topological polar surface area (TPSA) is 93.2 Å². The largest absolute Gasteiger partial charge is 0.466 e. The van der Waals surface area contributed by atoms with Gasteiger partial charge in [0.05, 0.1) is 17.2 Å². The molecular weight excluding hydrogens is 320 g/mol. The first-order valence-corrected chi connectivity index (χ1v) is 7.67. The number of rotatable bonds is 5. The number of benzene rings is 2. The molecule has 0 fully saturated rings. The highest BCUT2D eigenvalue weighted by Crippen LogP contribution is 2.12. The minimum atomic E-state index is -0.581. The van der Waals surface area contributed by atoms with Gasteiger partial charge in [-0.15, -0.1) is 0 Å². The smallest absolute Gasteiger partial charge is 0.321 e. The second kappa shape index (κ2) is 7.87. The summed E-state index contributed by atoms with van der Waals surface area (Å²) in [4.78, 5) is 31.9. The van der Waals surface area contributed by atoms with Gasteiger partial charge in [0.1, 0.15) is 0 Å². The van der Waals surface area contributed by atoms with Crippen LogP contribution in [0, 0.1) is 0 Å². The number of para-hydroxylation sites is 2. The van der Waals surface area contributed by atoms with Crippen LogP contribution in [0.25, 0.3) is 11.0 Å². The molecule has 0 saturated carbocycles. The number of carbonyl (C=O) groups is 2. The zero-order valence-corrected chi connectivity index (χ0v) is 13.3. The predicted molar refractivity (Wildman–Crippen MR) is 91.9 cm³/mol. The van der Waals surface area contributed by atoms with Crippen molar-refractivity contribution in [3.05, 3.63) is 66.4 Å². The van der Waals surface area contributed by atoms with Crippen molar-refractivity contribution in [1.82, 2.24) is 20.6 Å². The summed E-state index contributed by atoms with van der Waals surface area (Å²) in [5.74, 6) is -0.348. The SMILES string of the molecule is O=C(COc1cnc2ccccc2n1)NC(=O)NCc1ccccc1. The second-order valence-electron chi connectivity index (χ2n) is 5.20. The Hall–Kier alpha value is -3.48. The summed E-state index contributed by atoms with van der Waals surface area (Å²) in [5, 5.41) is 4.79. The number of carbonyl (C=O) groups excluding carboxylic acids is 2. The molecule has 1 heterocycles. The zero-order chi connectivity index (χ0) is 17.5. The quantitative estimate of drug-likeness (QED) is 0.744. The van der Waals surface area contributed by atoms with Gasteiger partial charge in [-0.2, -0.15) is 0 Å². The number of imide groups is 1. The van der Waals surface area contributed by atoms with Gasteiger partial charge in [0, 0.05) is 6.54 Å². The van der Waals surface area contributed by atoms with Crippen molar-refractivity contribution in [2.24, 2.45) is 0 Å². The third kappa shape index (κ3) is 4.74. The molecule has 0 bridgehead atoms. The van der Waals surface area contributed by atoms with E-state index in [1.807, 2.05) is 48.5 Å². The number of amides is 3. The van der Waals surface area contributed by atoms with Gasteiger partial charge >= 0.3 is 6.03 Å². The average molecular weight is 336 g/mol. The summed E-state index contributed by atoms with van der Waals surface area (Å²) in [5.41, 5.74) is 2.34. The average Bonchev–Trinajstić information content (AvgIpc) is 2.65. The Morgan fingerprint density at radius 3 is 2.48 bits per heavy atom. The summed E-state index contributed by atoms with van der Waals surface area (Å²) in [6.07, 6.45) is 1.44. The highest BCUT2D eigenvalue weighted by atomic mass is 16.5. The van der Waals surface area contributed by atoms with E-state index in [0.717, 1.165) is 11.1 Å². The number of aromatic nitrogens is 2. The lowest BCUT2D eigenvalue weighted by Crippen LogP contribution is -2.41. The molecule has 0 unspecified atom stereocenters. The van der Waals surface area contributed by atoms with Crippen LogP contribution in [0.3, 0.4) is 0 Å². The van der Waals surface area contributed by atoms with Crippen LogP contribution in [0.4, 0.5) is 4.79 Å². The van der Waals surface area contributed by atoms with Crippen LogP contribution in [-0.4, -0.2) is 28.5 Å². The number of hydrogen-bond acceptors (Lipinski definition) is 5. The van der Waals surface area contributed by atoms with Gasteiger partial charge in [-0.1, -0.05) is 42.5 Å². The van der Waals surface area contributed by atoms with E-state index in [-0.39, 0.29) is 12.5 Å². The van der Waals surface area contributed by atoms with Crippen LogP contribution >= 0.6 is 0 Å². The lowest BCUT2D eigenvalue weighted by Gasteiger charge is -2.08. The highest BCUT2D eigenvalue weighted by molar-refractivity contribution is 5.94. The third-order valence-electron chi connectivity index (χ3n) is 3.33. The van der Waals surface area contributed by atoms with Crippen molar-refractivity contribution < 1.29 is 14.3 Å². The summed E-state index contributed by atoms with van der Waals surface area (Å²) in [6, 6.07) is 16.1. The molecule has 2 N–H and O–H groups in total. The second-order valence-corrected chi connectivity index (χ2v) is 5.20. The lowest BCUT2D eigenvalue weighted by molar-refractivity contribution is -0.122. The van der Waals surface area contributed by atoms with Gasteiger partial charge in [0.25, 0.3) is 5.91 Å². The van der Waals surface area contributed by atoms with E-state index >= 15 is 0 Å². The fourth-order valence-electron chi connectivity index (χ4n) is 2.13. The predicted octanol–water partition coefficient (Wildman–Crippen LogP) is 2.03. The summed E-state index contributed by atoms with van der Waals surface area (Å²) in [6.45, 7) is 0.00272. The molecule has 7 nitrogen and oxygen atoms in total. The van der Waals surface area contributed by atoms with Crippen LogP contribution < -0.4 is 15.4 Å². The molecule has 0 aliphatic rings. The van der Waals surface area contributed by atoms with Crippen molar-refractivity contribution in [2.75, 3.05) is 6.61 Å². The number of ether oxygens (including phenoxy) is 1. The third-order valence-corrected chi connectivity index (χ3v) is 3.33. The first kappa shape index (κ1) is 16.4. The highest BCUT2D eigenvalue weighted by Gasteiger charge is 2.09. The molecule has 0 atom stereocenters.